The molecule has 1 aromatic heterocycles. The number of hydrogen-bond donors (Lipinski definition) is 0. The third-order valence-electron chi connectivity index (χ3n) is 1.77. The van der Waals surface area contributed by atoms with E-state index in [-0.39, 0.29) is 0 Å². The van der Waals surface area contributed by atoms with Crippen molar-refractivity contribution in [2.75, 3.05) is 7.11 Å². The van der Waals surface area contributed by atoms with E-state index < -0.39 is 0 Å². The van der Waals surface area contributed by atoms with Crippen molar-refractivity contribution in [3.05, 3.63) is 28.7 Å². The van der Waals surface area contributed by atoms with E-state index in [1.807, 2.05) is 12.1 Å². The standard InChI is InChI=1S/C9H7ClN2OS/c1-13-7-4-2-3-6(10)8(7)9-12-11-5-14-9/h2-5H,1H3. The van der Waals surface area contributed by atoms with Gasteiger partial charge in [-0.15, -0.1) is 10.2 Å². The lowest BCUT2D eigenvalue weighted by Gasteiger charge is -2.06. The third-order valence-corrected chi connectivity index (χ3v) is 2.79. The fourth-order valence-electron chi connectivity index (χ4n) is 1.16. The number of halogens is 1. The zero-order valence-electron chi connectivity index (χ0n) is 7.40. The Bertz CT molecular complexity index is 430. The molecule has 0 fully saturated rings. The van der Waals surface area contributed by atoms with Crippen molar-refractivity contribution in [2.24, 2.45) is 0 Å². The summed E-state index contributed by atoms with van der Waals surface area (Å²) < 4.78 is 5.20. The molecule has 0 spiro atoms. The molecule has 0 amide bonds. The predicted molar refractivity (Wildman–Crippen MR) is 56.9 cm³/mol. The monoisotopic (exact) mass is 226 g/mol. The van der Waals surface area contributed by atoms with Crippen LogP contribution >= 0.6 is 22.9 Å². The summed E-state index contributed by atoms with van der Waals surface area (Å²) in [5.74, 6) is 0.717. The highest BCUT2D eigenvalue weighted by atomic mass is 35.5. The van der Waals surface area contributed by atoms with E-state index in [0.717, 1.165) is 10.6 Å². The van der Waals surface area contributed by atoms with Crippen LogP contribution in [-0.2, 0) is 0 Å². The van der Waals surface area contributed by atoms with E-state index in [1.54, 1.807) is 18.7 Å². The molecule has 0 aliphatic carbocycles. The van der Waals surface area contributed by atoms with Crippen molar-refractivity contribution in [3.8, 4) is 16.3 Å². The average Bonchev–Trinajstić information content (AvgIpc) is 2.70. The van der Waals surface area contributed by atoms with Gasteiger partial charge in [-0.2, -0.15) is 0 Å². The van der Waals surface area contributed by atoms with E-state index in [0.29, 0.717) is 10.8 Å². The third kappa shape index (κ3) is 1.58. The minimum Gasteiger partial charge on any atom is -0.496 e. The van der Waals surface area contributed by atoms with Gasteiger partial charge in [0.15, 0.2) is 5.01 Å². The summed E-state index contributed by atoms with van der Waals surface area (Å²) in [5, 5.41) is 9.13. The normalized spacial score (nSPS) is 10.1. The van der Waals surface area contributed by atoms with Crippen LogP contribution in [0, 0.1) is 0 Å². The highest BCUT2D eigenvalue weighted by Crippen LogP contribution is 2.36. The minimum atomic E-state index is 0.626. The molecule has 2 aromatic rings. The molecule has 72 valence electrons. The Hall–Kier alpha value is -1.13. The molecule has 1 aromatic carbocycles. The first-order valence-electron chi connectivity index (χ1n) is 3.92. The molecule has 1 heterocycles. The van der Waals surface area contributed by atoms with Crippen LogP contribution in [0.3, 0.4) is 0 Å². The number of methoxy groups -OCH3 is 1. The maximum Gasteiger partial charge on any atom is 0.152 e. The van der Waals surface area contributed by atoms with Gasteiger partial charge in [0, 0.05) is 0 Å². The molecule has 0 aliphatic rings. The van der Waals surface area contributed by atoms with Crippen LogP contribution in [0.5, 0.6) is 5.75 Å². The van der Waals surface area contributed by atoms with Crippen molar-refractivity contribution in [3.63, 3.8) is 0 Å². The Kier molecular flexibility index (Phi) is 2.65. The topological polar surface area (TPSA) is 35.0 Å². The summed E-state index contributed by atoms with van der Waals surface area (Å²) in [6.45, 7) is 0. The number of benzene rings is 1. The zero-order chi connectivity index (χ0) is 9.97. The number of rotatable bonds is 2. The highest BCUT2D eigenvalue weighted by molar-refractivity contribution is 7.12. The van der Waals surface area contributed by atoms with Crippen molar-refractivity contribution < 1.29 is 4.74 Å². The van der Waals surface area contributed by atoms with Crippen LogP contribution < -0.4 is 4.74 Å². The highest BCUT2D eigenvalue weighted by Gasteiger charge is 2.12. The first kappa shape index (κ1) is 9.43. The first-order chi connectivity index (χ1) is 6.83. The molecule has 0 atom stereocenters. The van der Waals surface area contributed by atoms with Gasteiger partial charge >= 0.3 is 0 Å². The molecule has 0 aliphatic heterocycles. The van der Waals surface area contributed by atoms with Gasteiger partial charge in [-0.3, -0.25) is 0 Å². The second kappa shape index (κ2) is 3.94. The van der Waals surface area contributed by atoms with Crippen LogP contribution in [0.25, 0.3) is 10.6 Å². The second-order valence-electron chi connectivity index (χ2n) is 2.56. The lowest BCUT2D eigenvalue weighted by atomic mass is 10.2. The first-order valence-corrected chi connectivity index (χ1v) is 5.17. The Balaban J connectivity index is 2.61. The second-order valence-corrected chi connectivity index (χ2v) is 3.80. The Labute approximate surface area is 90.3 Å². The summed E-state index contributed by atoms with van der Waals surface area (Å²) in [6, 6.07) is 5.50. The van der Waals surface area contributed by atoms with Gasteiger partial charge in [0.2, 0.25) is 0 Å². The average molecular weight is 227 g/mol. The van der Waals surface area contributed by atoms with E-state index in [2.05, 4.69) is 10.2 Å². The zero-order valence-corrected chi connectivity index (χ0v) is 8.97. The summed E-state index contributed by atoms with van der Waals surface area (Å²) in [5.41, 5.74) is 2.47. The van der Waals surface area contributed by atoms with Gasteiger partial charge in [-0.05, 0) is 12.1 Å². The molecule has 2 rings (SSSR count). The molecule has 14 heavy (non-hydrogen) atoms. The van der Waals surface area contributed by atoms with Crippen LogP contribution in [-0.4, -0.2) is 17.3 Å². The maximum absolute atomic E-state index is 6.06. The summed E-state index contributed by atoms with van der Waals surface area (Å²) in [4.78, 5) is 0. The van der Waals surface area contributed by atoms with Crippen molar-refractivity contribution >= 4 is 22.9 Å². The van der Waals surface area contributed by atoms with E-state index >= 15 is 0 Å². The molecular weight excluding hydrogens is 220 g/mol. The SMILES string of the molecule is COc1cccc(Cl)c1-c1nncs1. The summed E-state index contributed by atoms with van der Waals surface area (Å²) >= 11 is 7.49. The van der Waals surface area contributed by atoms with Gasteiger partial charge in [-0.1, -0.05) is 29.0 Å². The van der Waals surface area contributed by atoms with Crippen molar-refractivity contribution in [1.29, 1.82) is 0 Å². The fraction of sp³-hybridized carbons (Fsp3) is 0.111. The minimum absolute atomic E-state index is 0.626. The molecule has 0 radical (unpaired) electrons. The van der Waals surface area contributed by atoms with E-state index in [1.165, 1.54) is 11.3 Å². The molecule has 3 nitrogen and oxygen atoms in total. The van der Waals surface area contributed by atoms with Gasteiger partial charge in [0.25, 0.3) is 0 Å². The van der Waals surface area contributed by atoms with Gasteiger partial charge in [0.05, 0.1) is 17.7 Å². The molecule has 0 N–H and O–H groups in total. The van der Waals surface area contributed by atoms with Crippen molar-refractivity contribution in [1.82, 2.24) is 10.2 Å². The van der Waals surface area contributed by atoms with Gasteiger partial charge in [0.1, 0.15) is 11.3 Å². The molecule has 0 saturated heterocycles. The Morgan fingerprint density at radius 2 is 2.29 bits per heavy atom. The van der Waals surface area contributed by atoms with Crippen LogP contribution in [0.2, 0.25) is 5.02 Å². The molecular formula is C9H7ClN2OS. The number of nitrogens with zero attached hydrogens (tertiary/aromatic N) is 2. The van der Waals surface area contributed by atoms with Crippen LogP contribution in [0.15, 0.2) is 23.7 Å². The largest absolute Gasteiger partial charge is 0.496 e. The van der Waals surface area contributed by atoms with Crippen LogP contribution in [0.1, 0.15) is 0 Å². The molecule has 0 saturated carbocycles. The Morgan fingerprint density at radius 1 is 1.43 bits per heavy atom. The van der Waals surface area contributed by atoms with Gasteiger partial charge in [-0.25, -0.2) is 0 Å². The van der Waals surface area contributed by atoms with E-state index in [9.17, 15) is 0 Å². The summed E-state index contributed by atoms with van der Waals surface area (Å²) in [7, 11) is 1.61. The summed E-state index contributed by atoms with van der Waals surface area (Å²) in [6.07, 6.45) is 0. The molecule has 5 heteroatoms. The Morgan fingerprint density at radius 3 is 2.93 bits per heavy atom. The van der Waals surface area contributed by atoms with Crippen molar-refractivity contribution in [2.45, 2.75) is 0 Å². The lowest BCUT2D eigenvalue weighted by Crippen LogP contribution is -1.88. The molecule has 0 unspecified atom stereocenters. The van der Waals surface area contributed by atoms with Crippen LogP contribution in [0.4, 0.5) is 0 Å². The quantitative estimate of drug-likeness (QED) is 0.790. The molecule has 0 bridgehead atoms. The van der Waals surface area contributed by atoms with E-state index in [4.69, 9.17) is 16.3 Å². The fourth-order valence-corrected chi connectivity index (χ4v) is 2.09. The van der Waals surface area contributed by atoms with Gasteiger partial charge < -0.3 is 4.74 Å². The number of hydrogen-bond acceptors (Lipinski definition) is 4. The number of ether oxygens (including phenoxy) is 1. The lowest BCUT2D eigenvalue weighted by molar-refractivity contribution is 0.416. The maximum atomic E-state index is 6.06. The number of aromatic nitrogens is 2. The predicted octanol–water partition coefficient (Wildman–Crippen LogP) is 2.87. The smallest absolute Gasteiger partial charge is 0.152 e.